The van der Waals surface area contributed by atoms with Gasteiger partial charge in [0.1, 0.15) is 5.75 Å². The number of rotatable bonds is 8. The fourth-order valence-corrected chi connectivity index (χ4v) is 2.29. The van der Waals surface area contributed by atoms with Crippen molar-refractivity contribution in [1.29, 1.82) is 0 Å². The van der Waals surface area contributed by atoms with Gasteiger partial charge in [-0.25, -0.2) is 0 Å². The fraction of sp³-hybridized carbons (Fsp3) is 0.647. The van der Waals surface area contributed by atoms with Crippen LogP contribution < -0.4 is 10.1 Å². The topological polar surface area (TPSA) is 30.5 Å². The Labute approximate surface area is 122 Å². The summed E-state index contributed by atoms with van der Waals surface area (Å²) in [5.41, 5.74) is 1.00. The Morgan fingerprint density at radius 3 is 2.40 bits per heavy atom. The van der Waals surface area contributed by atoms with Crippen molar-refractivity contribution in [2.45, 2.75) is 57.8 Å². The smallest absolute Gasteiger partial charge is 0.119 e. The van der Waals surface area contributed by atoms with Crippen LogP contribution in [0.3, 0.4) is 0 Å². The van der Waals surface area contributed by atoms with Crippen LogP contribution in [0, 0.1) is 0 Å². The molecule has 1 atom stereocenters. The number of benzene rings is 1. The lowest BCUT2D eigenvalue weighted by Crippen LogP contribution is -2.41. The average Bonchev–Trinajstić information content (AvgIpc) is 3.25. The van der Waals surface area contributed by atoms with Crippen LogP contribution in [-0.2, 0) is 4.74 Å². The van der Waals surface area contributed by atoms with Crippen molar-refractivity contribution in [3.63, 3.8) is 0 Å². The van der Waals surface area contributed by atoms with Gasteiger partial charge in [-0.2, -0.15) is 0 Å². The summed E-state index contributed by atoms with van der Waals surface area (Å²) in [7, 11) is 1.77. The third-order valence-corrected chi connectivity index (χ3v) is 3.86. The summed E-state index contributed by atoms with van der Waals surface area (Å²) in [5, 5.41) is 3.58. The van der Waals surface area contributed by atoms with Gasteiger partial charge in [0.25, 0.3) is 0 Å². The lowest BCUT2D eigenvalue weighted by Gasteiger charge is -2.34. The van der Waals surface area contributed by atoms with E-state index in [-0.39, 0.29) is 11.6 Å². The van der Waals surface area contributed by atoms with Crippen LogP contribution in [0.5, 0.6) is 5.75 Å². The molecule has 3 heteroatoms. The maximum Gasteiger partial charge on any atom is 0.119 e. The fourth-order valence-electron chi connectivity index (χ4n) is 2.29. The lowest BCUT2D eigenvalue weighted by atomic mass is 9.91. The van der Waals surface area contributed by atoms with Gasteiger partial charge >= 0.3 is 0 Å². The van der Waals surface area contributed by atoms with Crippen LogP contribution in [0.25, 0.3) is 0 Å². The Morgan fingerprint density at radius 2 is 1.90 bits per heavy atom. The molecule has 112 valence electrons. The van der Waals surface area contributed by atoms with Crippen LogP contribution in [0.15, 0.2) is 24.3 Å². The molecule has 20 heavy (non-hydrogen) atoms. The summed E-state index contributed by atoms with van der Waals surface area (Å²) in [6, 6.07) is 8.61. The monoisotopic (exact) mass is 277 g/mol. The summed E-state index contributed by atoms with van der Waals surface area (Å²) < 4.78 is 11.5. The van der Waals surface area contributed by atoms with Gasteiger partial charge in [0.15, 0.2) is 0 Å². The average molecular weight is 277 g/mol. The SMILES string of the molecule is CCCNC(c1ccc(OC2CC2)cc1)C(C)(C)OC. The van der Waals surface area contributed by atoms with Crippen molar-refractivity contribution < 1.29 is 9.47 Å². The van der Waals surface area contributed by atoms with E-state index in [9.17, 15) is 0 Å². The predicted molar refractivity (Wildman–Crippen MR) is 82.2 cm³/mol. The summed E-state index contributed by atoms with van der Waals surface area (Å²) in [5.74, 6) is 0.973. The molecule has 1 aromatic carbocycles. The Morgan fingerprint density at radius 1 is 1.25 bits per heavy atom. The summed E-state index contributed by atoms with van der Waals surface area (Å²) >= 11 is 0. The van der Waals surface area contributed by atoms with Crippen molar-refractivity contribution >= 4 is 0 Å². The van der Waals surface area contributed by atoms with E-state index in [2.05, 4.69) is 50.4 Å². The van der Waals surface area contributed by atoms with Gasteiger partial charge in [-0.3, -0.25) is 0 Å². The molecule has 1 aromatic rings. The van der Waals surface area contributed by atoms with Gasteiger partial charge in [-0.15, -0.1) is 0 Å². The second-order valence-electron chi connectivity index (χ2n) is 6.08. The number of hydrogen-bond acceptors (Lipinski definition) is 3. The first-order valence-corrected chi connectivity index (χ1v) is 7.62. The molecule has 0 aromatic heterocycles. The minimum absolute atomic E-state index is 0.183. The third-order valence-electron chi connectivity index (χ3n) is 3.86. The Balaban J connectivity index is 2.10. The standard InChI is InChI=1S/C17H27NO2/c1-5-12-18-16(17(2,3)19-4)13-6-8-14(9-7-13)20-15-10-11-15/h6-9,15-16,18H,5,10-12H2,1-4H3. The van der Waals surface area contributed by atoms with Crippen molar-refractivity contribution in [3.8, 4) is 5.75 Å². The number of methoxy groups -OCH3 is 1. The zero-order chi connectivity index (χ0) is 14.6. The van der Waals surface area contributed by atoms with E-state index < -0.39 is 0 Å². The van der Waals surface area contributed by atoms with Gasteiger partial charge in [-0.1, -0.05) is 19.1 Å². The van der Waals surface area contributed by atoms with Gasteiger partial charge < -0.3 is 14.8 Å². The highest BCUT2D eigenvalue weighted by Crippen LogP contribution is 2.31. The van der Waals surface area contributed by atoms with Gasteiger partial charge in [0, 0.05) is 7.11 Å². The van der Waals surface area contributed by atoms with Crippen molar-refractivity contribution in [2.24, 2.45) is 0 Å². The van der Waals surface area contributed by atoms with Gasteiger partial charge in [0.2, 0.25) is 0 Å². The molecule has 0 spiro atoms. The second-order valence-corrected chi connectivity index (χ2v) is 6.08. The zero-order valence-electron chi connectivity index (χ0n) is 13.1. The molecule has 1 aliphatic carbocycles. The van der Waals surface area contributed by atoms with E-state index in [1.807, 2.05) is 0 Å². The Hall–Kier alpha value is -1.06. The van der Waals surface area contributed by atoms with E-state index >= 15 is 0 Å². The van der Waals surface area contributed by atoms with Crippen LogP contribution in [-0.4, -0.2) is 25.4 Å². The molecule has 1 unspecified atom stereocenters. The van der Waals surface area contributed by atoms with E-state index in [1.165, 1.54) is 18.4 Å². The predicted octanol–water partition coefficient (Wildman–Crippen LogP) is 3.69. The molecule has 0 aliphatic heterocycles. The quantitative estimate of drug-likeness (QED) is 0.786. The summed E-state index contributed by atoms with van der Waals surface area (Å²) in [6.07, 6.45) is 3.95. The highest BCUT2D eigenvalue weighted by molar-refractivity contribution is 5.31. The molecule has 1 fully saturated rings. The van der Waals surface area contributed by atoms with Crippen LogP contribution >= 0.6 is 0 Å². The summed E-state index contributed by atoms with van der Waals surface area (Å²) in [6.45, 7) is 7.40. The minimum atomic E-state index is -0.242. The molecule has 1 saturated carbocycles. The van der Waals surface area contributed by atoms with Crippen molar-refractivity contribution in [2.75, 3.05) is 13.7 Å². The highest BCUT2D eigenvalue weighted by Gasteiger charge is 2.30. The molecular formula is C17H27NO2. The largest absolute Gasteiger partial charge is 0.490 e. The lowest BCUT2D eigenvalue weighted by molar-refractivity contribution is -0.0110. The van der Waals surface area contributed by atoms with Crippen LogP contribution in [0.1, 0.15) is 51.6 Å². The highest BCUT2D eigenvalue weighted by atomic mass is 16.5. The molecular weight excluding hydrogens is 250 g/mol. The molecule has 1 aliphatic rings. The van der Waals surface area contributed by atoms with E-state index in [0.717, 1.165) is 18.7 Å². The number of ether oxygens (including phenoxy) is 2. The second kappa shape index (κ2) is 6.59. The Bertz CT molecular complexity index is 410. The first-order valence-electron chi connectivity index (χ1n) is 7.62. The van der Waals surface area contributed by atoms with Crippen molar-refractivity contribution in [1.82, 2.24) is 5.32 Å². The molecule has 0 radical (unpaired) electrons. The molecule has 0 saturated heterocycles. The molecule has 1 N–H and O–H groups in total. The Kier molecular flexibility index (Phi) is 5.06. The molecule has 2 rings (SSSR count). The maximum absolute atomic E-state index is 5.80. The number of hydrogen-bond donors (Lipinski definition) is 1. The molecule has 0 amide bonds. The first kappa shape index (κ1) is 15.3. The van der Waals surface area contributed by atoms with Crippen LogP contribution in [0.2, 0.25) is 0 Å². The normalized spacial score (nSPS) is 17.0. The van der Waals surface area contributed by atoms with Crippen molar-refractivity contribution in [3.05, 3.63) is 29.8 Å². The molecule has 0 bridgehead atoms. The van der Waals surface area contributed by atoms with E-state index in [0.29, 0.717) is 6.10 Å². The van der Waals surface area contributed by atoms with E-state index in [4.69, 9.17) is 9.47 Å². The maximum atomic E-state index is 5.80. The van der Waals surface area contributed by atoms with Gasteiger partial charge in [0.05, 0.1) is 17.7 Å². The van der Waals surface area contributed by atoms with E-state index in [1.54, 1.807) is 7.11 Å². The van der Waals surface area contributed by atoms with Gasteiger partial charge in [-0.05, 0) is 57.4 Å². The molecule has 0 heterocycles. The third kappa shape index (κ3) is 3.97. The van der Waals surface area contributed by atoms with Crippen LogP contribution in [0.4, 0.5) is 0 Å². The number of nitrogens with one attached hydrogen (secondary N) is 1. The molecule has 3 nitrogen and oxygen atoms in total. The summed E-state index contributed by atoms with van der Waals surface area (Å²) in [4.78, 5) is 0. The zero-order valence-corrected chi connectivity index (χ0v) is 13.1. The minimum Gasteiger partial charge on any atom is -0.490 e. The first-order chi connectivity index (χ1) is 9.56.